The van der Waals surface area contributed by atoms with Gasteiger partial charge >= 0.3 is 0 Å². The Morgan fingerprint density at radius 1 is 0.806 bits per heavy atom. The van der Waals surface area contributed by atoms with Crippen molar-refractivity contribution in [3.63, 3.8) is 0 Å². The summed E-state index contributed by atoms with van der Waals surface area (Å²) >= 11 is 0. The molecule has 0 saturated carbocycles. The molecule has 0 amide bonds. The molecule has 0 N–H and O–H groups in total. The summed E-state index contributed by atoms with van der Waals surface area (Å²) in [4.78, 5) is 18.9. The second kappa shape index (κ2) is 7.38. The van der Waals surface area contributed by atoms with E-state index in [9.17, 15) is 0 Å². The molecule has 0 bridgehead atoms. The standard InChI is InChI=1S/C27H26N4/c1-17(2)26-29-16-21-8-7-18(14-22(21)30-26)15-27(3,4)23-12-11-20-10-9-19-6-5-13-28-24(19)25(20)31-23/h5-14,16-17H,15H2,1-4H3. The van der Waals surface area contributed by atoms with Gasteiger partial charge in [-0.2, -0.15) is 0 Å². The maximum atomic E-state index is 5.08. The van der Waals surface area contributed by atoms with E-state index in [1.54, 1.807) is 0 Å². The third-order valence-electron chi connectivity index (χ3n) is 5.95. The van der Waals surface area contributed by atoms with Gasteiger partial charge in [0.05, 0.1) is 16.6 Å². The first-order chi connectivity index (χ1) is 14.9. The maximum absolute atomic E-state index is 5.08. The van der Waals surface area contributed by atoms with Crippen molar-refractivity contribution in [2.24, 2.45) is 0 Å². The van der Waals surface area contributed by atoms with Crippen LogP contribution in [-0.2, 0) is 11.8 Å². The third kappa shape index (κ3) is 3.63. The van der Waals surface area contributed by atoms with E-state index in [0.29, 0.717) is 5.92 Å². The Morgan fingerprint density at radius 2 is 1.55 bits per heavy atom. The molecule has 0 aliphatic heterocycles. The highest BCUT2D eigenvalue weighted by Crippen LogP contribution is 2.30. The highest BCUT2D eigenvalue weighted by atomic mass is 14.9. The fraction of sp³-hybridized carbons (Fsp3) is 0.259. The Kier molecular flexibility index (Phi) is 4.66. The van der Waals surface area contributed by atoms with Gasteiger partial charge < -0.3 is 0 Å². The van der Waals surface area contributed by atoms with Gasteiger partial charge in [0.15, 0.2) is 0 Å². The lowest BCUT2D eigenvalue weighted by atomic mass is 9.82. The van der Waals surface area contributed by atoms with Gasteiger partial charge in [-0.15, -0.1) is 0 Å². The lowest BCUT2D eigenvalue weighted by Crippen LogP contribution is -2.22. The molecule has 0 radical (unpaired) electrons. The van der Waals surface area contributed by atoms with Gasteiger partial charge in [0.2, 0.25) is 0 Å². The zero-order chi connectivity index (χ0) is 21.6. The minimum Gasteiger partial charge on any atom is -0.254 e. The largest absolute Gasteiger partial charge is 0.254 e. The molecule has 31 heavy (non-hydrogen) atoms. The van der Waals surface area contributed by atoms with Crippen molar-refractivity contribution < 1.29 is 0 Å². The second-order valence-electron chi connectivity index (χ2n) is 9.25. The predicted octanol–water partition coefficient (Wildman–Crippen LogP) is 6.37. The van der Waals surface area contributed by atoms with Crippen LogP contribution in [-0.4, -0.2) is 19.9 Å². The summed E-state index contributed by atoms with van der Waals surface area (Å²) in [7, 11) is 0. The Hall–Kier alpha value is -3.40. The van der Waals surface area contributed by atoms with E-state index < -0.39 is 0 Å². The third-order valence-corrected chi connectivity index (χ3v) is 5.95. The van der Waals surface area contributed by atoms with E-state index >= 15 is 0 Å². The molecule has 5 aromatic rings. The van der Waals surface area contributed by atoms with E-state index in [4.69, 9.17) is 9.97 Å². The molecular formula is C27H26N4. The van der Waals surface area contributed by atoms with Gasteiger partial charge in [-0.05, 0) is 30.2 Å². The zero-order valence-electron chi connectivity index (χ0n) is 18.4. The van der Waals surface area contributed by atoms with Crippen molar-refractivity contribution in [2.45, 2.75) is 45.4 Å². The zero-order valence-corrected chi connectivity index (χ0v) is 18.4. The van der Waals surface area contributed by atoms with Gasteiger partial charge in [0.1, 0.15) is 5.82 Å². The van der Waals surface area contributed by atoms with E-state index in [-0.39, 0.29) is 5.41 Å². The molecule has 4 nitrogen and oxygen atoms in total. The van der Waals surface area contributed by atoms with E-state index in [1.807, 2.05) is 18.5 Å². The van der Waals surface area contributed by atoms with Crippen molar-refractivity contribution >= 4 is 32.7 Å². The molecule has 3 heterocycles. The normalized spacial score (nSPS) is 12.3. The number of benzene rings is 2. The van der Waals surface area contributed by atoms with Crippen LogP contribution in [0.4, 0.5) is 0 Å². The van der Waals surface area contributed by atoms with Crippen LogP contribution in [0.1, 0.15) is 50.7 Å². The summed E-state index contributed by atoms with van der Waals surface area (Å²) in [6.07, 6.45) is 4.64. The number of rotatable bonds is 4. The summed E-state index contributed by atoms with van der Waals surface area (Å²) in [5.41, 5.74) is 5.13. The lowest BCUT2D eigenvalue weighted by molar-refractivity contribution is 0.508. The number of aromatic nitrogens is 4. The SMILES string of the molecule is CC(C)c1ncc2ccc(CC(C)(C)c3ccc4ccc5cccnc5c4n3)cc2n1. The van der Waals surface area contributed by atoms with Crippen LogP contribution in [0.3, 0.4) is 0 Å². The number of nitrogens with zero attached hydrogens (tertiary/aromatic N) is 4. The molecule has 0 aliphatic rings. The van der Waals surface area contributed by atoms with Crippen molar-refractivity contribution in [1.82, 2.24) is 19.9 Å². The molecule has 0 atom stereocenters. The fourth-order valence-corrected chi connectivity index (χ4v) is 4.17. The molecule has 4 heteroatoms. The molecule has 5 rings (SSSR count). The minimum atomic E-state index is -0.132. The van der Waals surface area contributed by atoms with Crippen LogP contribution in [0, 0.1) is 0 Å². The lowest BCUT2D eigenvalue weighted by Gasteiger charge is -2.25. The minimum absolute atomic E-state index is 0.132. The van der Waals surface area contributed by atoms with Crippen LogP contribution in [0.25, 0.3) is 32.7 Å². The number of hydrogen-bond acceptors (Lipinski definition) is 4. The molecule has 0 fully saturated rings. The second-order valence-corrected chi connectivity index (χ2v) is 9.25. The molecule has 2 aromatic carbocycles. The summed E-state index contributed by atoms with van der Waals surface area (Å²) in [5.74, 6) is 1.20. The van der Waals surface area contributed by atoms with Crippen molar-refractivity contribution in [2.75, 3.05) is 0 Å². The molecule has 0 saturated heterocycles. The van der Waals surface area contributed by atoms with Gasteiger partial charge in [0.25, 0.3) is 0 Å². The quantitative estimate of drug-likeness (QED) is 0.325. The van der Waals surface area contributed by atoms with Crippen LogP contribution in [0.15, 0.2) is 67.0 Å². The molecule has 0 unspecified atom stereocenters. The van der Waals surface area contributed by atoms with Crippen molar-refractivity contribution in [3.8, 4) is 0 Å². The van der Waals surface area contributed by atoms with Crippen LogP contribution in [0.2, 0.25) is 0 Å². The summed E-state index contributed by atoms with van der Waals surface area (Å²) in [6.45, 7) is 8.75. The Labute approximate surface area is 182 Å². The van der Waals surface area contributed by atoms with Crippen LogP contribution in [0.5, 0.6) is 0 Å². The summed E-state index contributed by atoms with van der Waals surface area (Å²) < 4.78 is 0. The summed E-state index contributed by atoms with van der Waals surface area (Å²) in [6, 6.07) is 19.1. The number of pyridine rings is 2. The monoisotopic (exact) mass is 406 g/mol. The average molecular weight is 407 g/mol. The van der Waals surface area contributed by atoms with Crippen molar-refractivity contribution in [1.29, 1.82) is 0 Å². The maximum Gasteiger partial charge on any atom is 0.131 e. The van der Waals surface area contributed by atoms with Gasteiger partial charge in [-0.3, -0.25) is 4.98 Å². The highest BCUT2D eigenvalue weighted by molar-refractivity contribution is 6.02. The first-order valence-electron chi connectivity index (χ1n) is 10.8. The Bertz CT molecular complexity index is 1420. The molecule has 0 spiro atoms. The molecule has 154 valence electrons. The fourth-order valence-electron chi connectivity index (χ4n) is 4.17. The smallest absolute Gasteiger partial charge is 0.131 e. The highest BCUT2D eigenvalue weighted by Gasteiger charge is 2.24. The first kappa shape index (κ1) is 19.6. The van der Waals surface area contributed by atoms with E-state index in [0.717, 1.165) is 50.6 Å². The van der Waals surface area contributed by atoms with E-state index in [2.05, 4.69) is 86.2 Å². The molecule has 3 aromatic heterocycles. The average Bonchev–Trinajstić information content (AvgIpc) is 2.77. The Balaban J connectivity index is 1.54. The number of hydrogen-bond donors (Lipinski definition) is 0. The van der Waals surface area contributed by atoms with Crippen molar-refractivity contribution in [3.05, 3.63) is 84.1 Å². The van der Waals surface area contributed by atoms with E-state index in [1.165, 1.54) is 5.56 Å². The van der Waals surface area contributed by atoms with Gasteiger partial charge in [0, 0.05) is 45.6 Å². The van der Waals surface area contributed by atoms with Crippen LogP contribution >= 0.6 is 0 Å². The Morgan fingerprint density at radius 3 is 2.35 bits per heavy atom. The molecule has 0 aliphatic carbocycles. The molecular weight excluding hydrogens is 380 g/mol. The summed E-state index contributed by atoms with van der Waals surface area (Å²) in [5, 5.41) is 3.31. The van der Waals surface area contributed by atoms with Crippen LogP contribution < -0.4 is 0 Å². The van der Waals surface area contributed by atoms with Gasteiger partial charge in [-0.25, -0.2) is 15.0 Å². The number of fused-ring (bicyclic) bond motifs is 4. The van der Waals surface area contributed by atoms with Gasteiger partial charge in [-0.1, -0.05) is 64.1 Å². The topological polar surface area (TPSA) is 51.6 Å². The predicted molar refractivity (Wildman–Crippen MR) is 127 cm³/mol. The first-order valence-corrected chi connectivity index (χ1v) is 10.8.